The lowest BCUT2D eigenvalue weighted by molar-refractivity contribution is -0.130. The van der Waals surface area contributed by atoms with E-state index in [0.29, 0.717) is 12.1 Å². The van der Waals surface area contributed by atoms with Gasteiger partial charge in [0.2, 0.25) is 0 Å². The van der Waals surface area contributed by atoms with Gasteiger partial charge in [0.25, 0.3) is 5.91 Å². The van der Waals surface area contributed by atoms with Gasteiger partial charge in [-0.1, -0.05) is 72.8 Å². The van der Waals surface area contributed by atoms with Gasteiger partial charge in [-0.15, -0.1) is 0 Å². The molecule has 1 N–H and O–H groups in total. The predicted octanol–water partition coefficient (Wildman–Crippen LogP) is 4.75. The molecule has 28 heavy (non-hydrogen) atoms. The molecule has 4 nitrogen and oxygen atoms in total. The maximum absolute atomic E-state index is 13.0. The third kappa shape index (κ3) is 3.25. The van der Waals surface area contributed by atoms with Gasteiger partial charge in [-0.3, -0.25) is 4.79 Å². The summed E-state index contributed by atoms with van der Waals surface area (Å²) in [5, 5.41) is 10.8. The Morgan fingerprint density at radius 2 is 1.50 bits per heavy atom. The Balaban J connectivity index is 1.79. The molecule has 0 saturated heterocycles. The third-order valence-corrected chi connectivity index (χ3v) is 5.02. The highest BCUT2D eigenvalue weighted by Crippen LogP contribution is 2.43. The van der Waals surface area contributed by atoms with Gasteiger partial charge < -0.3 is 14.7 Å². The summed E-state index contributed by atoms with van der Waals surface area (Å²) in [7, 11) is 1.61. The van der Waals surface area contributed by atoms with E-state index in [2.05, 4.69) is 0 Å². The Hall–Kier alpha value is -3.53. The zero-order valence-electron chi connectivity index (χ0n) is 15.6. The van der Waals surface area contributed by atoms with E-state index >= 15 is 0 Å². The quantitative estimate of drug-likeness (QED) is 0.704. The molecule has 0 aliphatic carbocycles. The lowest BCUT2D eigenvalue weighted by Crippen LogP contribution is -2.29. The van der Waals surface area contributed by atoms with Crippen LogP contribution >= 0.6 is 0 Å². The molecule has 3 aromatic rings. The molecule has 3 aromatic carbocycles. The number of ether oxygens (including phenoxy) is 1. The summed E-state index contributed by atoms with van der Waals surface area (Å²) in [6, 6.07) is 26.7. The minimum atomic E-state index is -0.359. The van der Waals surface area contributed by atoms with E-state index < -0.39 is 0 Å². The average Bonchev–Trinajstić information content (AvgIpc) is 3.00. The zero-order chi connectivity index (χ0) is 19.5. The normalized spacial score (nSPS) is 16.5. The summed E-state index contributed by atoms with van der Waals surface area (Å²) in [5.41, 5.74) is 3.40. The summed E-state index contributed by atoms with van der Waals surface area (Å²) in [6.07, 6.45) is 0. The highest BCUT2D eigenvalue weighted by atomic mass is 16.5. The molecule has 0 spiro atoms. The molecule has 1 heterocycles. The second kappa shape index (κ2) is 7.61. The van der Waals surface area contributed by atoms with Crippen LogP contribution in [0.3, 0.4) is 0 Å². The van der Waals surface area contributed by atoms with Crippen molar-refractivity contribution < 1.29 is 14.6 Å². The summed E-state index contributed by atoms with van der Waals surface area (Å²) < 4.78 is 5.24. The molecule has 1 amide bonds. The standard InChI is InChI=1S/C24H21NO3/c1-28-20-14-12-18(13-15-20)21-22(19-10-6-3-7-11-19)25(24(27)23(21)26)16-17-8-4-2-5-9-17/h2-15,22,26H,16H2,1H3. The molecule has 0 fully saturated rings. The zero-order valence-corrected chi connectivity index (χ0v) is 15.6. The van der Waals surface area contributed by atoms with Gasteiger partial charge in [0, 0.05) is 12.1 Å². The van der Waals surface area contributed by atoms with Crippen molar-refractivity contribution in [1.82, 2.24) is 4.90 Å². The first-order valence-corrected chi connectivity index (χ1v) is 9.16. The number of nitrogens with zero attached hydrogens (tertiary/aromatic N) is 1. The van der Waals surface area contributed by atoms with Crippen LogP contribution in [0, 0.1) is 0 Å². The Kier molecular flexibility index (Phi) is 4.85. The van der Waals surface area contributed by atoms with Crippen molar-refractivity contribution >= 4 is 11.5 Å². The van der Waals surface area contributed by atoms with Crippen LogP contribution in [0.25, 0.3) is 5.57 Å². The first-order chi connectivity index (χ1) is 13.7. The lowest BCUT2D eigenvalue weighted by atomic mass is 9.93. The molecular formula is C24H21NO3. The average molecular weight is 371 g/mol. The number of carbonyl (C=O) groups excluding carboxylic acids is 1. The molecule has 0 saturated carbocycles. The van der Waals surface area contributed by atoms with Crippen LogP contribution in [-0.2, 0) is 11.3 Å². The molecule has 0 radical (unpaired) electrons. The monoisotopic (exact) mass is 371 g/mol. The first kappa shape index (κ1) is 17.9. The Morgan fingerprint density at radius 3 is 2.11 bits per heavy atom. The molecule has 140 valence electrons. The molecule has 4 rings (SSSR count). The van der Waals surface area contributed by atoms with Gasteiger partial charge in [-0.05, 0) is 28.8 Å². The van der Waals surface area contributed by atoms with Gasteiger partial charge in [0.05, 0.1) is 13.2 Å². The van der Waals surface area contributed by atoms with Crippen LogP contribution in [-0.4, -0.2) is 23.0 Å². The molecule has 0 bridgehead atoms. The summed E-state index contributed by atoms with van der Waals surface area (Å²) in [5.74, 6) is 0.170. The van der Waals surface area contributed by atoms with E-state index in [-0.39, 0.29) is 17.7 Å². The van der Waals surface area contributed by atoms with E-state index in [0.717, 1.165) is 22.4 Å². The van der Waals surface area contributed by atoms with Gasteiger partial charge >= 0.3 is 0 Å². The molecule has 0 aromatic heterocycles. The number of carbonyl (C=O) groups is 1. The summed E-state index contributed by atoms with van der Waals surface area (Å²) in [4.78, 5) is 14.7. The van der Waals surface area contributed by atoms with Gasteiger partial charge in [0.1, 0.15) is 5.75 Å². The lowest BCUT2D eigenvalue weighted by Gasteiger charge is -2.27. The Labute approximate surface area is 164 Å². The van der Waals surface area contributed by atoms with Crippen LogP contribution < -0.4 is 4.74 Å². The van der Waals surface area contributed by atoms with E-state index in [1.807, 2.05) is 84.9 Å². The fourth-order valence-corrected chi connectivity index (χ4v) is 3.64. The number of methoxy groups -OCH3 is 1. The molecule has 1 atom stereocenters. The third-order valence-electron chi connectivity index (χ3n) is 5.02. The number of amides is 1. The number of benzene rings is 3. The second-order valence-corrected chi connectivity index (χ2v) is 6.72. The van der Waals surface area contributed by atoms with Gasteiger partial charge in [-0.2, -0.15) is 0 Å². The first-order valence-electron chi connectivity index (χ1n) is 9.16. The fourth-order valence-electron chi connectivity index (χ4n) is 3.64. The maximum Gasteiger partial charge on any atom is 0.290 e. The Morgan fingerprint density at radius 1 is 0.893 bits per heavy atom. The van der Waals surface area contributed by atoms with Crippen molar-refractivity contribution in [2.45, 2.75) is 12.6 Å². The van der Waals surface area contributed by atoms with Crippen molar-refractivity contribution in [2.75, 3.05) is 7.11 Å². The number of aliphatic hydroxyl groups is 1. The van der Waals surface area contributed by atoms with E-state index in [4.69, 9.17) is 4.74 Å². The molecule has 1 aliphatic heterocycles. The highest BCUT2D eigenvalue weighted by molar-refractivity contribution is 6.05. The number of hydrogen-bond acceptors (Lipinski definition) is 3. The minimum absolute atomic E-state index is 0.199. The second-order valence-electron chi connectivity index (χ2n) is 6.72. The predicted molar refractivity (Wildman–Crippen MR) is 109 cm³/mol. The van der Waals surface area contributed by atoms with Crippen LogP contribution in [0.2, 0.25) is 0 Å². The van der Waals surface area contributed by atoms with Gasteiger partial charge in [0.15, 0.2) is 5.76 Å². The van der Waals surface area contributed by atoms with Crippen molar-refractivity contribution in [3.63, 3.8) is 0 Å². The SMILES string of the molecule is COc1ccc(C2=C(O)C(=O)N(Cc3ccccc3)C2c2ccccc2)cc1. The molecule has 1 unspecified atom stereocenters. The fraction of sp³-hybridized carbons (Fsp3) is 0.125. The van der Waals surface area contributed by atoms with Crippen LogP contribution in [0.5, 0.6) is 5.75 Å². The van der Waals surface area contributed by atoms with Gasteiger partial charge in [-0.25, -0.2) is 0 Å². The van der Waals surface area contributed by atoms with Crippen molar-refractivity contribution in [3.8, 4) is 5.75 Å². The molecular weight excluding hydrogens is 350 g/mol. The number of aliphatic hydroxyl groups excluding tert-OH is 1. The van der Waals surface area contributed by atoms with Crippen molar-refractivity contribution in [1.29, 1.82) is 0 Å². The number of rotatable bonds is 5. The smallest absolute Gasteiger partial charge is 0.290 e. The van der Waals surface area contributed by atoms with E-state index in [1.54, 1.807) is 12.0 Å². The van der Waals surface area contributed by atoms with Crippen molar-refractivity contribution in [2.24, 2.45) is 0 Å². The molecule has 4 heteroatoms. The highest BCUT2D eigenvalue weighted by Gasteiger charge is 2.40. The van der Waals surface area contributed by atoms with Crippen LogP contribution in [0.4, 0.5) is 0 Å². The maximum atomic E-state index is 13.0. The van der Waals surface area contributed by atoms with E-state index in [9.17, 15) is 9.90 Å². The van der Waals surface area contributed by atoms with Crippen LogP contribution in [0.1, 0.15) is 22.7 Å². The number of hydrogen-bond donors (Lipinski definition) is 1. The van der Waals surface area contributed by atoms with Crippen LogP contribution in [0.15, 0.2) is 90.7 Å². The molecule has 1 aliphatic rings. The largest absolute Gasteiger partial charge is 0.503 e. The van der Waals surface area contributed by atoms with E-state index in [1.165, 1.54) is 0 Å². The summed E-state index contributed by atoms with van der Waals surface area (Å²) >= 11 is 0. The summed E-state index contributed by atoms with van der Waals surface area (Å²) in [6.45, 7) is 0.420. The topological polar surface area (TPSA) is 49.8 Å². The minimum Gasteiger partial charge on any atom is -0.503 e. The van der Waals surface area contributed by atoms with Crippen molar-refractivity contribution in [3.05, 3.63) is 107 Å². The Bertz CT molecular complexity index is 995.